The number of anilines is 3. The Hall–Kier alpha value is -13.8. The molecule has 5 fully saturated rings. The first-order chi connectivity index (χ1) is 67.3. The molecule has 15 heterocycles. The number of nitrogens with zero attached hydrogens (tertiary/aromatic N) is 10. The van der Waals surface area contributed by atoms with Gasteiger partial charge in [-0.25, -0.2) is 34.3 Å². The van der Waals surface area contributed by atoms with Gasteiger partial charge in [-0.3, -0.25) is 33.0 Å². The minimum atomic E-state index is -3.42. The number of amides is 6. The number of ether oxygens (including phenoxy) is 3. The van der Waals surface area contributed by atoms with E-state index >= 15 is 0 Å². The number of rotatable bonds is 12. The summed E-state index contributed by atoms with van der Waals surface area (Å²) in [5.74, 6) is -0.771. The standard InChI is InChI=1S/C29H30N4O4.C24H22N4O.C18H23N3O3.C11H6BrNO.C11H21NO5S.C8H6N2O.C6H10O2.H2/c1-29(2,3)37-28(36)32-14-11-17(12-15-32)33-16-22(20-8-5-13-30-26(20)33)25(34)19-9-10-23-24-18(19)6-4-7-21(24)27(35)31-23;29-24-20-4-1-3-18-15(6-7-21(27-24)22(18)20)13-16-14-28(17-8-11-25-12-9-17)23-19(16)5-2-10-26-23;1-18(2,3)24-17(23)20-9-6-14(7-10-20)21-11-13(12-22)15-5-4-8-19-16(15)21;12-8-4-5-9-10-6(8)2-1-3-7(10)11(14)13-9;1-11(2,3)16-10(13)12-7-5-9(6-8-12)17-18(4,14)15;11-5-6-4-10-8-7(6)2-1-3-9-8;1-6(5(7)8)3-2-4-6;/h4-10,13,16-17,25,34H,11-12,14-15H2,1-3H3,(H,31,35);1-7,10,14,17,25H,8-9,11-13H2,(H,27,29);4-5,8,11-12,14H,6-7,9-10H2,1-3H3;1-5H,(H,13,14);9H,5-8H2,1-4H3;1-5H,(H,9,10);2-4H2,1H3,(H,7,8);1H. The van der Waals surface area contributed by atoms with Crippen LogP contribution in [0.4, 0.5) is 31.4 Å². The number of halogens is 1. The minimum Gasteiger partial charge on any atom is -0.481 e. The maximum Gasteiger partial charge on any atom is 0.410 e. The van der Waals surface area contributed by atoms with Gasteiger partial charge < -0.3 is 79.1 Å². The van der Waals surface area contributed by atoms with Gasteiger partial charge in [-0.15, -0.1) is 0 Å². The summed E-state index contributed by atoms with van der Waals surface area (Å²) in [7, 11) is -3.42. The molecule has 14 aromatic rings. The van der Waals surface area contributed by atoms with Crippen LogP contribution in [0.2, 0.25) is 0 Å². The number of H-pyrrole nitrogens is 1. The lowest BCUT2D eigenvalue weighted by molar-refractivity contribution is -0.152. The zero-order valence-electron chi connectivity index (χ0n) is 80.9. The number of pyridine rings is 4. The summed E-state index contributed by atoms with van der Waals surface area (Å²) >= 11 is 3.47. The van der Waals surface area contributed by atoms with Crippen molar-refractivity contribution in [2.75, 3.05) is 74.6 Å². The van der Waals surface area contributed by atoms with Crippen molar-refractivity contribution in [1.29, 1.82) is 0 Å². The number of carbonyl (C=O) groups is 9. The van der Waals surface area contributed by atoms with Crippen LogP contribution in [-0.4, -0.2) is 208 Å². The Morgan fingerprint density at radius 2 is 0.908 bits per heavy atom. The van der Waals surface area contributed by atoms with Gasteiger partial charge in [0.25, 0.3) is 27.8 Å². The van der Waals surface area contributed by atoms with E-state index in [-0.39, 0.29) is 61.0 Å². The molecule has 6 amide bonds. The zero-order chi connectivity index (χ0) is 100. The van der Waals surface area contributed by atoms with Gasteiger partial charge in [0.15, 0.2) is 12.6 Å². The highest BCUT2D eigenvalue weighted by molar-refractivity contribution is 9.10. The molecule has 1 atom stereocenters. The molecule has 8 aromatic heterocycles. The molecule has 0 radical (unpaired) electrons. The van der Waals surface area contributed by atoms with E-state index in [0.29, 0.717) is 74.8 Å². The Kier molecular flexibility index (Phi) is 29.8. The molecule has 1 aliphatic carbocycles. The largest absolute Gasteiger partial charge is 0.481 e. The number of aliphatic hydroxyl groups excluding tert-OH is 1. The lowest BCUT2D eigenvalue weighted by Gasteiger charge is -2.34. The average molecular weight is 2000 g/mol. The summed E-state index contributed by atoms with van der Waals surface area (Å²) in [6, 6.07) is 45.6. The fourth-order valence-corrected chi connectivity index (χ4v) is 20.4. The van der Waals surface area contributed by atoms with Crippen LogP contribution >= 0.6 is 15.9 Å². The molecule has 4 saturated heterocycles. The lowest BCUT2D eigenvalue weighted by atomic mass is 9.71. The molecule has 32 nitrogen and oxygen atoms in total. The van der Waals surface area contributed by atoms with Crippen LogP contribution in [0.3, 0.4) is 0 Å². The third kappa shape index (κ3) is 22.8. The fraction of sp³-hybridized carbons (Fsp3) is 0.374. The molecule has 1 unspecified atom stereocenters. The van der Waals surface area contributed by atoms with Crippen molar-refractivity contribution in [3.05, 3.63) is 244 Å². The summed E-state index contributed by atoms with van der Waals surface area (Å²) in [6.45, 7) is 24.0. The summed E-state index contributed by atoms with van der Waals surface area (Å²) in [5.41, 5.74) is 11.8. The maximum absolute atomic E-state index is 12.5. The van der Waals surface area contributed by atoms with Gasteiger partial charge in [0, 0.05) is 207 Å². The number of hydrogen-bond acceptors (Lipinski definition) is 21. The number of aldehydes is 2. The van der Waals surface area contributed by atoms with Crippen LogP contribution in [0.1, 0.15) is 240 Å². The number of aromatic amines is 1. The molecule has 6 aromatic carbocycles. The number of carboxylic acids is 1. The number of aliphatic hydroxyl groups is 1. The number of benzene rings is 6. The Morgan fingerprint density at radius 3 is 1.40 bits per heavy atom. The molecular weight excluding hydrogens is 1880 g/mol. The summed E-state index contributed by atoms with van der Waals surface area (Å²) in [4.78, 5) is 130. The quantitative estimate of drug-likeness (QED) is 0.0339. The second kappa shape index (κ2) is 41.9. The van der Waals surface area contributed by atoms with Crippen LogP contribution in [-0.2, 0) is 39.7 Å². The van der Waals surface area contributed by atoms with E-state index in [1.807, 2.05) is 202 Å². The van der Waals surface area contributed by atoms with Crippen LogP contribution in [0.25, 0.3) is 76.5 Å². The Bertz CT molecular complexity index is 7250. The van der Waals surface area contributed by atoms with Crippen molar-refractivity contribution in [3.8, 4) is 0 Å². The summed E-state index contributed by atoms with van der Waals surface area (Å²) in [6.07, 6.45) is 25.6. The van der Waals surface area contributed by atoms with Gasteiger partial charge in [-0.2, -0.15) is 8.42 Å². The van der Waals surface area contributed by atoms with Crippen molar-refractivity contribution in [1.82, 2.24) is 58.6 Å². The van der Waals surface area contributed by atoms with Crippen molar-refractivity contribution in [2.45, 2.75) is 193 Å². The van der Waals surface area contributed by atoms with Gasteiger partial charge in [0.05, 0.1) is 17.8 Å². The van der Waals surface area contributed by atoms with E-state index in [2.05, 4.69) is 95.2 Å². The van der Waals surface area contributed by atoms with Gasteiger partial charge in [0.2, 0.25) is 0 Å². The van der Waals surface area contributed by atoms with Gasteiger partial charge in [-0.1, -0.05) is 70.9 Å². The topological polar surface area (TPSA) is 405 Å². The van der Waals surface area contributed by atoms with Crippen LogP contribution in [0.15, 0.2) is 194 Å². The zero-order valence-corrected chi connectivity index (χ0v) is 83.3. The Labute approximate surface area is 826 Å². The van der Waals surface area contributed by atoms with E-state index in [1.54, 1.807) is 46.4 Å². The van der Waals surface area contributed by atoms with E-state index in [4.69, 9.17) is 28.5 Å². The molecule has 0 bridgehead atoms. The van der Waals surface area contributed by atoms with Crippen molar-refractivity contribution >= 4 is 174 Å². The number of aromatic nitrogens is 8. The average Bonchev–Trinajstić information content (AvgIpc) is 1.59. The first kappa shape index (κ1) is 100. The predicted octanol–water partition coefficient (Wildman–Crippen LogP) is 20.5. The SMILES string of the molecule is CC(C)(C)OC(=O)N1CCC(OS(C)(=O)=O)CC1.CC(C)(C)OC(=O)N1CCC(n2cc(C(O)c3ccc4c5c(cccc35)C(=O)N4)c3cccnc32)CC1.CC(C)(C)OC(=O)N1CCC(n2cc(C=O)c3cccnc32)CC1.CC1(C(=O)O)CCC1.O=C1Nc2ccc(Br)c3cccc1c23.O=C1Nc2ccc(Cc3cn(C4CCNCC4)c4ncccc34)c3cccc1c23.O=Cc1c[nH]c2ncccc12.[HH]. The molecule has 7 N–H and O–H groups in total. The van der Waals surface area contributed by atoms with Crippen LogP contribution < -0.4 is 21.3 Å². The molecule has 8 aliphatic rings. The maximum atomic E-state index is 12.5. The highest BCUT2D eigenvalue weighted by Gasteiger charge is 2.40. The van der Waals surface area contributed by atoms with Gasteiger partial charge in [-0.05, 0) is 270 Å². The van der Waals surface area contributed by atoms with Crippen molar-refractivity contribution in [2.24, 2.45) is 5.41 Å². The third-order valence-electron chi connectivity index (χ3n) is 26.4. The lowest BCUT2D eigenvalue weighted by Crippen LogP contribution is -2.43. The second-order valence-electron chi connectivity index (χ2n) is 39.8. The molecule has 22 rings (SSSR count). The van der Waals surface area contributed by atoms with Gasteiger partial charge in [0.1, 0.15) is 45.5 Å². The molecule has 0 spiro atoms. The monoisotopic (exact) mass is 2000 g/mol. The first-order valence-corrected chi connectivity index (χ1v) is 50.3. The molecule has 1 saturated carbocycles. The minimum absolute atomic E-state index is 0. The van der Waals surface area contributed by atoms with E-state index < -0.39 is 39.0 Å². The molecule has 141 heavy (non-hydrogen) atoms. The number of piperidine rings is 4. The predicted molar refractivity (Wildman–Crippen MR) is 548 cm³/mol. The smallest absolute Gasteiger partial charge is 0.410 e. The number of carbonyl (C=O) groups excluding carboxylic acids is 8. The third-order valence-corrected chi connectivity index (χ3v) is 27.7. The van der Waals surface area contributed by atoms with Crippen LogP contribution in [0, 0.1) is 5.41 Å². The van der Waals surface area contributed by atoms with E-state index in [1.165, 1.54) is 16.5 Å². The number of nitrogens with one attached hydrogen (secondary N) is 5. The van der Waals surface area contributed by atoms with Crippen molar-refractivity contribution in [3.63, 3.8) is 0 Å². The first-order valence-electron chi connectivity index (χ1n) is 47.7. The van der Waals surface area contributed by atoms with Gasteiger partial charge >= 0.3 is 24.2 Å². The number of fused-ring (bicyclic) bond motifs is 4. The van der Waals surface area contributed by atoms with E-state index in [0.717, 1.165) is 211 Å². The molecule has 7 aliphatic heterocycles. The normalized spacial score (nSPS) is 16.5. The summed E-state index contributed by atoms with van der Waals surface area (Å²) < 4.78 is 50.7. The number of hydrogen-bond donors (Lipinski definition) is 7. The highest BCUT2D eigenvalue weighted by Crippen LogP contribution is 2.45. The Balaban J connectivity index is 0.000000131. The Morgan fingerprint density at radius 1 is 0.489 bits per heavy atom. The van der Waals surface area contributed by atoms with Crippen LogP contribution in [0.5, 0.6) is 0 Å². The fourth-order valence-electron chi connectivity index (χ4n) is 19.2. The number of likely N-dealkylation sites (tertiary alicyclic amines) is 3. The number of aliphatic carboxylic acids is 1. The van der Waals surface area contributed by atoms with E-state index in [9.17, 15) is 56.7 Å². The number of carboxylic acid groups (broad SMARTS) is 1. The summed E-state index contributed by atoms with van der Waals surface area (Å²) in [5, 5.41) is 42.2. The molecular formula is C107H120BrN15O17S. The highest BCUT2D eigenvalue weighted by atomic mass is 79.9. The second-order valence-corrected chi connectivity index (χ2v) is 42.3. The van der Waals surface area contributed by atoms with Crippen molar-refractivity contribution < 1.29 is 81.6 Å². The molecule has 34 heteroatoms. The molecule has 738 valence electrons.